The first kappa shape index (κ1) is 18.8. The number of halogens is 2. The lowest BCUT2D eigenvalue weighted by molar-refractivity contribution is 0.0945. The minimum Gasteiger partial charge on any atom is -0.508 e. The topological polar surface area (TPSA) is 69.6 Å². The number of hydrogen-bond acceptors (Lipinski definition) is 3. The molecule has 1 aliphatic rings. The molecule has 2 N–H and O–H groups in total. The minimum atomic E-state index is -0.596. The van der Waals surface area contributed by atoms with Crippen LogP contribution in [0.4, 0.5) is 13.6 Å². The van der Waals surface area contributed by atoms with Gasteiger partial charge in [0.1, 0.15) is 17.4 Å². The molecule has 2 aromatic rings. The Morgan fingerprint density at radius 2 is 1.74 bits per heavy atom. The number of carbonyl (C=O) groups excluding carboxylic acids is 2. The zero-order chi connectivity index (χ0) is 19.4. The molecule has 5 nitrogen and oxygen atoms in total. The van der Waals surface area contributed by atoms with Gasteiger partial charge in [0, 0.05) is 24.7 Å². The molecule has 142 valence electrons. The normalized spacial score (nSPS) is 14.8. The first-order valence-electron chi connectivity index (χ1n) is 8.75. The SMILES string of the molecule is O=C(NC(=O)N1CCC(Cc2ccc(F)cc2F)CC1)c1ccc(O)cc1. The summed E-state index contributed by atoms with van der Waals surface area (Å²) < 4.78 is 26.8. The van der Waals surface area contributed by atoms with E-state index in [0.29, 0.717) is 37.9 Å². The van der Waals surface area contributed by atoms with Crippen molar-refractivity contribution in [1.29, 1.82) is 0 Å². The first-order valence-corrected chi connectivity index (χ1v) is 8.75. The lowest BCUT2D eigenvalue weighted by Crippen LogP contribution is -2.46. The molecule has 0 spiro atoms. The number of nitrogens with one attached hydrogen (secondary N) is 1. The number of likely N-dealkylation sites (tertiary alicyclic amines) is 1. The van der Waals surface area contributed by atoms with Crippen LogP contribution in [0.15, 0.2) is 42.5 Å². The Morgan fingerprint density at radius 3 is 2.37 bits per heavy atom. The van der Waals surface area contributed by atoms with Gasteiger partial charge < -0.3 is 10.0 Å². The summed E-state index contributed by atoms with van der Waals surface area (Å²) in [6.45, 7) is 0.921. The molecule has 0 saturated carbocycles. The Bertz CT molecular complexity index is 832. The summed E-state index contributed by atoms with van der Waals surface area (Å²) in [5.41, 5.74) is 0.754. The van der Waals surface area contributed by atoms with Crippen molar-refractivity contribution < 1.29 is 23.5 Å². The maximum atomic E-state index is 13.8. The number of rotatable bonds is 3. The third kappa shape index (κ3) is 4.81. The fourth-order valence-corrected chi connectivity index (χ4v) is 3.20. The molecule has 0 bridgehead atoms. The predicted molar refractivity (Wildman–Crippen MR) is 95.3 cm³/mol. The van der Waals surface area contributed by atoms with Gasteiger partial charge in [0.15, 0.2) is 0 Å². The van der Waals surface area contributed by atoms with E-state index in [4.69, 9.17) is 0 Å². The maximum absolute atomic E-state index is 13.8. The molecule has 0 aromatic heterocycles. The number of phenolic OH excluding ortho intramolecular Hbond substituents is 1. The van der Waals surface area contributed by atoms with Crippen molar-refractivity contribution in [2.75, 3.05) is 13.1 Å². The van der Waals surface area contributed by atoms with E-state index >= 15 is 0 Å². The Labute approximate surface area is 155 Å². The molecule has 3 amide bonds. The van der Waals surface area contributed by atoms with Crippen molar-refractivity contribution >= 4 is 11.9 Å². The van der Waals surface area contributed by atoms with E-state index in [0.717, 1.165) is 6.07 Å². The number of benzene rings is 2. The fourth-order valence-electron chi connectivity index (χ4n) is 3.20. The molecule has 2 aromatic carbocycles. The molecule has 1 saturated heterocycles. The average molecular weight is 374 g/mol. The van der Waals surface area contributed by atoms with Gasteiger partial charge in [-0.15, -0.1) is 0 Å². The van der Waals surface area contributed by atoms with Gasteiger partial charge in [-0.3, -0.25) is 10.1 Å². The molecule has 0 radical (unpaired) electrons. The second-order valence-corrected chi connectivity index (χ2v) is 6.68. The third-order valence-corrected chi connectivity index (χ3v) is 4.78. The van der Waals surface area contributed by atoms with Gasteiger partial charge in [-0.25, -0.2) is 13.6 Å². The van der Waals surface area contributed by atoms with E-state index in [9.17, 15) is 23.5 Å². The summed E-state index contributed by atoms with van der Waals surface area (Å²) in [6, 6.07) is 8.73. The molecular formula is C20H20F2N2O3. The number of hydrogen-bond donors (Lipinski definition) is 2. The molecule has 0 aliphatic carbocycles. The molecule has 1 fully saturated rings. The van der Waals surface area contributed by atoms with E-state index in [1.807, 2.05) is 0 Å². The van der Waals surface area contributed by atoms with E-state index < -0.39 is 23.6 Å². The van der Waals surface area contributed by atoms with Crippen LogP contribution in [0.5, 0.6) is 5.75 Å². The van der Waals surface area contributed by atoms with Crippen LogP contribution in [-0.4, -0.2) is 35.0 Å². The molecule has 27 heavy (non-hydrogen) atoms. The molecule has 0 atom stereocenters. The summed E-state index contributed by atoms with van der Waals surface area (Å²) in [7, 11) is 0. The molecule has 1 heterocycles. The highest BCUT2D eigenvalue weighted by molar-refractivity contribution is 6.04. The van der Waals surface area contributed by atoms with Crippen LogP contribution in [0, 0.1) is 17.6 Å². The van der Waals surface area contributed by atoms with Gasteiger partial charge in [0.2, 0.25) is 0 Å². The van der Waals surface area contributed by atoms with Crippen molar-refractivity contribution in [2.24, 2.45) is 5.92 Å². The summed E-state index contributed by atoms with van der Waals surface area (Å²) in [6.07, 6.45) is 1.85. The van der Waals surface area contributed by atoms with E-state index in [-0.39, 0.29) is 17.2 Å². The quantitative estimate of drug-likeness (QED) is 0.864. The minimum absolute atomic E-state index is 0.0394. The zero-order valence-electron chi connectivity index (χ0n) is 14.6. The Morgan fingerprint density at radius 1 is 1.07 bits per heavy atom. The van der Waals surface area contributed by atoms with Gasteiger partial charge in [0.25, 0.3) is 5.91 Å². The van der Waals surface area contributed by atoms with Crippen molar-refractivity contribution in [3.63, 3.8) is 0 Å². The van der Waals surface area contributed by atoms with E-state index in [2.05, 4.69) is 5.32 Å². The second-order valence-electron chi connectivity index (χ2n) is 6.68. The van der Waals surface area contributed by atoms with Gasteiger partial charge in [-0.1, -0.05) is 6.07 Å². The zero-order valence-corrected chi connectivity index (χ0v) is 14.6. The number of nitrogens with zero attached hydrogens (tertiary/aromatic N) is 1. The Kier molecular flexibility index (Phi) is 5.69. The standard InChI is InChI=1S/C20H20F2N2O3/c21-16-4-1-15(18(22)12-16)11-13-7-9-24(10-8-13)20(27)23-19(26)14-2-5-17(25)6-3-14/h1-6,12-13,25H,7-11H2,(H,23,26,27). The first-order chi connectivity index (χ1) is 12.9. The summed E-state index contributed by atoms with van der Waals surface area (Å²) in [5, 5.41) is 11.6. The van der Waals surface area contributed by atoms with Crippen LogP contribution < -0.4 is 5.32 Å². The summed E-state index contributed by atoms with van der Waals surface area (Å²) in [5.74, 6) is -1.44. The highest BCUT2D eigenvalue weighted by atomic mass is 19.1. The van der Waals surface area contributed by atoms with Crippen molar-refractivity contribution in [3.8, 4) is 5.75 Å². The molecule has 1 aliphatic heterocycles. The van der Waals surface area contributed by atoms with Gasteiger partial charge in [-0.05, 0) is 61.1 Å². The number of amides is 3. The number of aromatic hydroxyl groups is 1. The molecule has 0 unspecified atom stereocenters. The molecular weight excluding hydrogens is 354 g/mol. The fraction of sp³-hybridized carbons (Fsp3) is 0.300. The number of urea groups is 1. The largest absolute Gasteiger partial charge is 0.508 e. The van der Waals surface area contributed by atoms with Crippen LogP contribution in [0.2, 0.25) is 0 Å². The third-order valence-electron chi connectivity index (χ3n) is 4.78. The lowest BCUT2D eigenvalue weighted by Gasteiger charge is -2.32. The highest BCUT2D eigenvalue weighted by Gasteiger charge is 2.25. The molecule has 7 heteroatoms. The van der Waals surface area contributed by atoms with Crippen LogP contribution >= 0.6 is 0 Å². The lowest BCUT2D eigenvalue weighted by atomic mass is 9.90. The van der Waals surface area contributed by atoms with Crippen molar-refractivity contribution in [2.45, 2.75) is 19.3 Å². The highest BCUT2D eigenvalue weighted by Crippen LogP contribution is 2.23. The number of piperidine rings is 1. The van der Waals surface area contributed by atoms with Crippen molar-refractivity contribution in [3.05, 3.63) is 65.2 Å². The van der Waals surface area contributed by atoms with E-state index in [1.54, 1.807) is 4.90 Å². The molecule has 3 rings (SSSR count). The van der Waals surface area contributed by atoms with Gasteiger partial charge in [-0.2, -0.15) is 0 Å². The number of imide groups is 1. The number of phenols is 1. The average Bonchev–Trinajstić information content (AvgIpc) is 2.65. The van der Waals surface area contributed by atoms with Gasteiger partial charge >= 0.3 is 6.03 Å². The smallest absolute Gasteiger partial charge is 0.324 e. The summed E-state index contributed by atoms with van der Waals surface area (Å²) in [4.78, 5) is 25.9. The van der Waals surface area contributed by atoms with E-state index in [1.165, 1.54) is 36.4 Å². The van der Waals surface area contributed by atoms with Crippen molar-refractivity contribution in [1.82, 2.24) is 10.2 Å². The van der Waals surface area contributed by atoms with Crippen LogP contribution in [0.1, 0.15) is 28.8 Å². The van der Waals surface area contributed by atoms with Crippen LogP contribution in [0.3, 0.4) is 0 Å². The number of carbonyl (C=O) groups is 2. The Hall–Kier alpha value is -2.96. The van der Waals surface area contributed by atoms with Gasteiger partial charge in [0.05, 0.1) is 0 Å². The maximum Gasteiger partial charge on any atom is 0.324 e. The van der Waals surface area contributed by atoms with Crippen LogP contribution in [-0.2, 0) is 6.42 Å². The van der Waals surface area contributed by atoms with Crippen LogP contribution in [0.25, 0.3) is 0 Å². The summed E-state index contributed by atoms with van der Waals surface area (Å²) >= 11 is 0. The second kappa shape index (κ2) is 8.16. The monoisotopic (exact) mass is 374 g/mol. The Balaban J connectivity index is 1.50. The predicted octanol–water partition coefficient (Wildman–Crippen LogP) is 3.47.